The van der Waals surface area contributed by atoms with E-state index in [1.807, 2.05) is 73.7 Å². The minimum atomic E-state index is -1.12. The summed E-state index contributed by atoms with van der Waals surface area (Å²) >= 11 is 6.03. The van der Waals surface area contributed by atoms with E-state index >= 15 is 0 Å². The number of nitrogens with one attached hydrogen (secondary N) is 1. The molecule has 0 spiro atoms. The second-order valence-electron chi connectivity index (χ2n) is 9.93. The highest BCUT2D eigenvalue weighted by Crippen LogP contribution is 2.49. The molecule has 1 N–H and O–H groups in total. The van der Waals surface area contributed by atoms with E-state index in [1.54, 1.807) is 16.9 Å². The maximum absolute atomic E-state index is 14.2. The fourth-order valence-electron chi connectivity index (χ4n) is 6.01. The molecule has 2 atom stereocenters. The van der Waals surface area contributed by atoms with Crippen LogP contribution < -0.4 is 4.74 Å². The Balaban J connectivity index is 1.45. The average molecular weight is 514 g/mol. The van der Waals surface area contributed by atoms with Crippen LogP contribution >= 0.6 is 11.6 Å². The number of piperazine rings is 1. The zero-order chi connectivity index (χ0) is 25.7. The SMILES string of the molecule is COc1ccccc1C1CN2C(=O)CN(CCc3ccc(Cl)cc3)C(=O)[C@]2(C)c2[nH]c3ccccc3c21. The van der Waals surface area contributed by atoms with Crippen LogP contribution in [-0.4, -0.2) is 53.3 Å². The Hall–Kier alpha value is -3.77. The molecule has 1 saturated heterocycles. The first-order valence-electron chi connectivity index (χ1n) is 12.5. The number of H-pyrrole nitrogens is 1. The number of halogens is 1. The van der Waals surface area contributed by atoms with Crippen LogP contribution in [0.3, 0.4) is 0 Å². The van der Waals surface area contributed by atoms with Crippen LogP contribution in [0, 0.1) is 0 Å². The summed E-state index contributed by atoms with van der Waals surface area (Å²) in [5.74, 6) is 0.523. The standard InChI is InChI=1S/C30H28ClN3O3/c1-30-28-27(22-8-3-5-9-24(22)32-28)23(21-7-4-6-10-25(21)37-2)17-34(30)26(35)18-33(29(30)36)16-15-19-11-13-20(31)14-12-19/h3-14,23,32H,15-18H2,1-2H3/t23?,30-/m0/s1. The zero-order valence-electron chi connectivity index (χ0n) is 20.8. The molecule has 1 unspecified atom stereocenters. The Morgan fingerprint density at radius 2 is 1.76 bits per heavy atom. The summed E-state index contributed by atoms with van der Waals surface area (Å²) < 4.78 is 5.71. The third-order valence-corrected chi connectivity index (χ3v) is 8.17. The number of carbonyl (C=O) groups excluding carboxylic acids is 2. The van der Waals surface area contributed by atoms with E-state index in [2.05, 4.69) is 11.1 Å². The molecule has 2 aliphatic heterocycles. The van der Waals surface area contributed by atoms with Crippen molar-refractivity contribution in [2.45, 2.75) is 24.8 Å². The molecule has 6 rings (SSSR count). The molecule has 37 heavy (non-hydrogen) atoms. The summed E-state index contributed by atoms with van der Waals surface area (Å²) in [6.07, 6.45) is 0.648. The molecular formula is C30H28ClN3O3. The lowest BCUT2D eigenvalue weighted by Gasteiger charge is -2.51. The third kappa shape index (κ3) is 3.70. The van der Waals surface area contributed by atoms with Crippen molar-refractivity contribution in [3.05, 3.63) is 100 Å². The van der Waals surface area contributed by atoms with Gasteiger partial charge in [0.05, 0.1) is 19.3 Å². The van der Waals surface area contributed by atoms with Gasteiger partial charge in [-0.15, -0.1) is 0 Å². The maximum Gasteiger partial charge on any atom is 0.254 e. The smallest absolute Gasteiger partial charge is 0.254 e. The van der Waals surface area contributed by atoms with Gasteiger partial charge in [0.25, 0.3) is 5.91 Å². The van der Waals surface area contributed by atoms with E-state index in [0.717, 1.165) is 39.0 Å². The van der Waals surface area contributed by atoms with Crippen molar-refractivity contribution in [1.29, 1.82) is 0 Å². The number of carbonyl (C=O) groups is 2. The highest BCUT2D eigenvalue weighted by Gasteiger charge is 2.56. The van der Waals surface area contributed by atoms with E-state index < -0.39 is 5.54 Å². The van der Waals surface area contributed by atoms with Gasteiger partial charge < -0.3 is 19.5 Å². The number of hydrogen-bond acceptors (Lipinski definition) is 3. The molecule has 0 radical (unpaired) electrons. The molecular weight excluding hydrogens is 486 g/mol. The molecule has 1 aromatic heterocycles. The largest absolute Gasteiger partial charge is 0.496 e. The normalized spacial score (nSPS) is 21.2. The Kier molecular flexibility index (Phi) is 5.72. The lowest BCUT2D eigenvalue weighted by molar-refractivity contribution is -0.166. The highest BCUT2D eigenvalue weighted by atomic mass is 35.5. The summed E-state index contributed by atoms with van der Waals surface area (Å²) in [5.41, 5.74) is 3.74. The van der Waals surface area contributed by atoms with Crippen molar-refractivity contribution in [1.82, 2.24) is 14.8 Å². The Bertz CT molecular complexity index is 1510. The molecule has 188 valence electrons. The van der Waals surface area contributed by atoms with E-state index in [4.69, 9.17) is 16.3 Å². The Labute approximate surface area is 220 Å². The molecule has 4 aromatic rings. The summed E-state index contributed by atoms with van der Waals surface area (Å²) in [6.45, 7) is 2.81. The van der Waals surface area contributed by atoms with Crippen LogP contribution in [-0.2, 0) is 21.5 Å². The number of benzene rings is 3. The van der Waals surface area contributed by atoms with Crippen LogP contribution in [0.4, 0.5) is 0 Å². The summed E-state index contributed by atoms with van der Waals surface area (Å²) in [4.78, 5) is 34.9. The van der Waals surface area contributed by atoms with Crippen LogP contribution in [0.1, 0.15) is 35.2 Å². The lowest BCUT2D eigenvalue weighted by Crippen LogP contribution is -2.67. The third-order valence-electron chi connectivity index (χ3n) is 7.92. The van der Waals surface area contributed by atoms with Crippen molar-refractivity contribution >= 4 is 34.3 Å². The number of hydrogen-bond donors (Lipinski definition) is 1. The van der Waals surface area contributed by atoms with Crippen molar-refractivity contribution in [3.63, 3.8) is 0 Å². The van der Waals surface area contributed by atoms with Gasteiger partial charge in [0, 0.05) is 40.5 Å². The number of aromatic nitrogens is 1. The average Bonchev–Trinajstić information content (AvgIpc) is 3.32. The van der Waals surface area contributed by atoms with Crippen molar-refractivity contribution in [2.75, 3.05) is 26.7 Å². The van der Waals surface area contributed by atoms with Crippen LogP contribution in [0.5, 0.6) is 5.75 Å². The predicted molar refractivity (Wildman–Crippen MR) is 144 cm³/mol. The maximum atomic E-state index is 14.2. The molecule has 0 saturated carbocycles. The summed E-state index contributed by atoms with van der Waals surface area (Å²) in [6, 6.07) is 23.6. The van der Waals surface area contributed by atoms with Gasteiger partial charge >= 0.3 is 0 Å². The molecule has 3 heterocycles. The van der Waals surface area contributed by atoms with Crippen molar-refractivity contribution in [3.8, 4) is 5.75 Å². The van der Waals surface area contributed by atoms with Crippen molar-refractivity contribution in [2.24, 2.45) is 0 Å². The number of nitrogens with zero attached hydrogens (tertiary/aromatic N) is 2. The Morgan fingerprint density at radius 3 is 2.54 bits per heavy atom. The second-order valence-corrected chi connectivity index (χ2v) is 10.4. The lowest BCUT2D eigenvalue weighted by atomic mass is 9.76. The molecule has 0 bridgehead atoms. The second kappa shape index (κ2) is 8.96. The molecule has 2 amide bonds. The Morgan fingerprint density at radius 1 is 1.03 bits per heavy atom. The van der Waals surface area contributed by atoms with E-state index in [1.165, 1.54) is 0 Å². The molecule has 2 aliphatic rings. The van der Waals surface area contributed by atoms with E-state index in [-0.39, 0.29) is 24.3 Å². The number of aromatic amines is 1. The van der Waals surface area contributed by atoms with Gasteiger partial charge in [-0.2, -0.15) is 0 Å². The van der Waals surface area contributed by atoms with Gasteiger partial charge in [-0.25, -0.2) is 0 Å². The number of fused-ring (bicyclic) bond motifs is 5. The first-order chi connectivity index (χ1) is 17.9. The van der Waals surface area contributed by atoms with Gasteiger partial charge in [-0.1, -0.05) is 60.1 Å². The fraction of sp³-hybridized carbons (Fsp3) is 0.267. The molecule has 1 fully saturated rings. The van der Waals surface area contributed by atoms with Crippen molar-refractivity contribution < 1.29 is 14.3 Å². The van der Waals surface area contributed by atoms with Crippen LogP contribution in [0.25, 0.3) is 10.9 Å². The van der Waals surface area contributed by atoms with Gasteiger partial charge in [0.2, 0.25) is 5.91 Å². The van der Waals surface area contributed by atoms with Crippen LogP contribution in [0.2, 0.25) is 5.02 Å². The topological polar surface area (TPSA) is 65.6 Å². The molecule has 7 heteroatoms. The van der Waals surface area contributed by atoms with Gasteiger partial charge in [0.15, 0.2) is 5.54 Å². The number of methoxy groups -OCH3 is 1. The molecule has 3 aromatic carbocycles. The minimum Gasteiger partial charge on any atom is -0.496 e. The van der Waals surface area contributed by atoms with Gasteiger partial charge in [-0.05, 0) is 48.7 Å². The first kappa shape index (κ1) is 23.6. The highest BCUT2D eigenvalue weighted by molar-refractivity contribution is 6.30. The van der Waals surface area contributed by atoms with E-state index in [0.29, 0.717) is 24.5 Å². The predicted octanol–water partition coefficient (Wildman–Crippen LogP) is 5.10. The van der Waals surface area contributed by atoms with Gasteiger partial charge in [-0.3, -0.25) is 9.59 Å². The summed E-state index contributed by atoms with van der Waals surface area (Å²) in [5, 5.41) is 1.74. The minimum absolute atomic E-state index is 0.0533. The molecule has 6 nitrogen and oxygen atoms in total. The molecule has 0 aliphatic carbocycles. The quantitative estimate of drug-likeness (QED) is 0.403. The summed E-state index contributed by atoms with van der Waals surface area (Å²) in [7, 11) is 1.66. The number of rotatable bonds is 5. The monoisotopic (exact) mass is 513 g/mol. The van der Waals surface area contributed by atoms with Crippen LogP contribution in [0.15, 0.2) is 72.8 Å². The first-order valence-corrected chi connectivity index (χ1v) is 12.9. The number of amides is 2. The van der Waals surface area contributed by atoms with E-state index in [9.17, 15) is 9.59 Å². The number of para-hydroxylation sites is 2. The van der Waals surface area contributed by atoms with Gasteiger partial charge in [0.1, 0.15) is 5.75 Å². The zero-order valence-corrected chi connectivity index (χ0v) is 21.6. The number of ether oxygens (including phenoxy) is 1. The fourth-order valence-corrected chi connectivity index (χ4v) is 6.13.